The van der Waals surface area contributed by atoms with Crippen LogP contribution in [0.25, 0.3) is 11.0 Å². The van der Waals surface area contributed by atoms with Crippen LogP contribution in [0, 0.1) is 0 Å². The zero-order chi connectivity index (χ0) is 18.1. The molecule has 3 aromatic rings. The highest BCUT2D eigenvalue weighted by molar-refractivity contribution is 5.94. The van der Waals surface area contributed by atoms with Gasteiger partial charge in [0.05, 0.1) is 11.0 Å². The molecule has 0 radical (unpaired) electrons. The summed E-state index contributed by atoms with van der Waals surface area (Å²) in [6, 6.07) is 13.5. The molecule has 1 aromatic heterocycles. The Balaban J connectivity index is 1.74. The molecule has 0 aliphatic heterocycles. The summed E-state index contributed by atoms with van der Waals surface area (Å²) < 4.78 is 3.24. The summed E-state index contributed by atoms with van der Waals surface area (Å²) in [6.45, 7) is 4.67. The summed E-state index contributed by atoms with van der Waals surface area (Å²) in [6.07, 6.45) is 0. The number of nitrogens with one attached hydrogen (secondary N) is 1. The first kappa shape index (κ1) is 17.0. The lowest BCUT2D eigenvalue weighted by Crippen LogP contribution is -2.22. The van der Waals surface area contributed by atoms with Gasteiger partial charge >= 0.3 is 5.69 Å². The van der Waals surface area contributed by atoms with Gasteiger partial charge in [-0.25, -0.2) is 4.79 Å². The van der Waals surface area contributed by atoms with E-state index in [1.54, 1.807) is 23.2 Å². The van der Waals surface area contributed by atoms with Crippen molar-refractivity contribution in [1.82, 2.24) is 14.5 Å². The lowest BCUT2D eigenvalue weighted by atomic mass is 10.0. The first-order valence-electron chi connectivity index (χ1n) is 8.41. The van der Waals surface area contributed by atoms with E-state index >= 15 is 0 Å². The third kappa shape index (κ3) is 3.22. The van der Waals surface area contributed by atoms with Gasteiger partial charge in [-0.15, -0.1) is 0 Å². The Labute approximate surface area is 146 Å². The maximum atomic E-state index is 12.3. The Morgan fingerprint density at radius 2 is 1.64 bits per heavy atom. The molecule has 1 heterocycles. The van der Waals surface area contributed by atoms with Gasteiger partial charge in [0.1, 0.15) is 0 Å². The molecule has 0 fully saturated rings. The third-order valence-electron chi connectivity index (χ3n) is 4.63. The van der Waals surface area contributed by atoms with E-state index in [4.69, 9.17) is 0 Å². The zero-order valence-electron chi connectivity index (χ0n) is 15.0. The topological polar surface area (TPSA) is 56.0 Å². The average Bonchev–Trinajstić information content (AvgIpc) is 2.84. The second kappa shape index (κ2) is 6.59. The quantitative estimate of drug-likeness (QED) is 0.796. The van der Waals surface area contributed by atoms with Crippen molar-refractivity contribution in [3.63, 3.8) is 0 Å². The molecule has 0 saturated carbocycles. The molecule has 0 spiro atoms. The molecule has 0 aliphatic carbocycles. The first-order valence-corrected chi connectivity index (χ1v) is 8.41. The molecule has 1 N–H and O–H groups in total. The molecule has 0 unspecified atom stereocenters. The number of nitrogens with zero attached hydrogens (tertiary/aromatic N) is 2. The molecule has 1 amide bonds. The van der Waals surface area contributed by atoms with Gasteiger partial charge in [-0.2, -0.15) is 0 Å². The molecule has 130 valence electrons. The van der Waals surface area contributed by atoms with Crippen LogP contribution in [-0.2, 0) is 20.6 Å². The zero-order valence-corrected chi connectivity index (χ0v) is 15.0. The van der Waals surface area contributed by atoms with Crippen LogP contribution < -0.4 is 11.0 Å². The van der Waals surface area contributed by atoms with Gasteiger partial charge in [-0.3, -0.25) is 13.9 Å². The fraction of sp³-hybridized carbons (Fsp3) is 0.300. The number of hydrogen-bond acceptors (Lipinski definition) is 2. The van der Waals surface area contributed by atoms with Crippen LogP contribution in [0.2, 0.25) is 0 Å². The number of amides is 1. The molecule has 0 bridgehead atoms. The van der Waals surface area contributed by atoms with Crippen LogP contribution in [0.1, 0.15) is 41.3 Å². The molecule has 3 rings (SSSR count). The van der Waals surface area contributed by atoms with Crippen LogP contribution in [0.15, 0.2) is 47.3 Å². The van der Waals surface area contributed by atoms with Crippen LogP contribution >= 0.6 is 0 Å². The summed E-state index contributed by atoms with van der Waals surface area (Å²) in [5.41, 5.74) is 4.51. The number of carbonyl (C=O) groups excluding carboxylic acids is 1. The Morgan fingerprint density at radius 1 is 1.00 bits per heavy atom. The standard InChI is InChI=1S/C20H23N3O2/c1-13(2)15-6-8-16(9-7-15)19(24)21-12-14-5-10-17-18(11-14)23(4)20(25)22(17)3/h5-11,13H,12H2,1-4H3,(H,21,24). The number of aromatic nitrogens is 2. The number of hydrogen-bond donors (Lipinski definition) is 1. The number of benzene rings is 2. The van der Waals surface area contributed by atoms with Crippen LogP contribution in [0.3, 0.4) is 0 Å². The van der Waals surface area contributed by atoms with Crippen molar-refractivity contribution < 1.29 is 4.79 Å². The molecular formula is C20H23N3O2. The van der Waals surface area contributed by atoms with Gasteiger partial charge in [0.2, 0.25) is 0 Å². The number of rotatable bonds is 4. The van der Waals surface area contributed by atoms with Gasteiger partial charge in [0.25, 0.3) is 5.91 Å². The second-order valence-corrected chi connectivity index (χ2v) is 6.68. The number of aryl methyl sites for hydroxylation is 2. The van der Waals surface area contributed by atoms with E-state index in [9.17, 15) is 9.59 Å². The smallest absolute Gasteiger partial charge is 0.328 e. The summed E-state index contributed by atoms with van der Waals surface area (Å²) in [7, 11) is 3.51. The summed E-state index contributed by atoms with van der Waals surface area (Å²) in [5.74, 6) is 0.346. The normalized spacial score (nSPS) is 11.2. The highest BCUT2D eigenvalue weighted by atomic mass is 16.2. The van der Waals surface area contributed by atoms with Crippen LogP contribution in [0.4, 0.5) is 0 Å². The van der Waals surface area contributed by atoms with E-state index in [0.717, 1.165) is 16.6 Å². The minimum atomic E-state index is -0.0997. The van der Waals surface area contributed by atoms with Gasteiger partial charge in [0, 0.05) is 26.2 Å². The largest absolute Gasteiger partial charge is 0.348 e. The lowest BCUT2D eigenvalue weighted by Gasteiger charge is -2.08. The number of fused-ring (bicyclic) bond motifs is 1. The highest BCUT2D eigenvalue weighted by Crippen LogP contribution is 2.16. The summed E-state index contributed by atoms with van der Waals surface area (Å²) >= 11 is 0. The van der Waals surface area contributed by atoms with E-state index in [1.165, 1.54) is 5.56 Å². The van der Waals surface area contributed by atoms with Crippen LogP contribution in [0.5, 0.6) is 0 Å². The van der Waals surface area contributed by atoms with Gasteiger partial charge in [-0.05, 0) is 41.3 Å². The number of carbonyl (C=O) groups is 1. The maximum absolute atomic E-state index is 12.3. The van der Waals surface area contributed by atoms with Crippen molar-refractivity contribution >= 4 is 16.9 Å². The van der Waals surface area contributed by atoms with Crippen molar-refractivity contribution in [3.05, 3.63) is 69.6 Å². The van der Waals surface area contributed by atoms with E-state index < -0.39 is 0 Å². The molecule has 5 heteroatoms. The Hall–Kier alpha value is -2.82. The van der Waals surface area contributed by atoms with E-state index in [1.807, 2.05) is 42.5 Å². The number of imidazole rings is 1. The second-order valence-electron chi connectivity index (χ2n) is 6.68. The van der Waals surface area contributed by atoms with Crippen molar-refractivity contribution in [2.45, 2.75) is 26.3 Å². The third-order valence-corrected chi connectivity index (χ3v) is 4.63. The minimum Gasteiger partial charge on any atom is -0.348 e. The van der Waals surface area contributed by atoms with E-state index in [-0.39, 0.29) is 11.6 Å². The Morgan fingerprint density at radius 3 is 2.28 bits per heavy atom. The molecule has 25 heavy (non-hydrogen) atoms. The van der Waals surface area contributed by atoms with Crippen molar-refractivity contribution in [1.29, 1.82) is 0 Å². The summed E-state index contributed by atoms with van der Waals surface area (Å²) in [4.78, 5) is 24.3. The molecule has 0 atom stereocenters. The van der Waals surface area contributed by atoms with E-state index in [2.05, 4.69) is 19.2 Å². The van der Waals surface area contributed by atoms with E-state index in [0.29, 0.717) is 18.0 Å². The summed E-state index contributed by atoms with van der Waals surface area (Å²) in [5, 5.41) is 2.94. The molecule has 2 aromatic carbocycles. The molecule has 0 saturated heterocycles. The minimum absolute atomic E-state index is 0.0542. The van der Waals surface area contributed by atoms with Gasteiger partial charge in [-0.1, -0.05) is 32.0 Å². The molecule has 0 aliphatic rings. The lowest BCUT2D eigenvalue weighted by molar-refractivity contribution is 0.0951. The van der Waals surface area contributed by atoms with Gasteiger partial charge < -0.3 is 5.32 Å². The Bertz CT molecular complexity index is 979. The fourth-order valence-electron chi connectivity index (χ4n) is 2.97. The Kier molecular flexibility index (Phi) is 4.49. The molecular weight excluding hydrogens is 314 g/mol. The van der Waals surface area contributed by atoms with Gasteiger partial charge in [0.15, 0.2) is 0 Å². The fourth-order valence-corrected chi connectivity index (χ4v) is 2.97. The highest BCUT2D eigenvalue weighted by Gasteiger charge is 2.10. The predicted molar refractivity (Wildman–Crippen MR) is 99.9 cm³/mol. The SMILES string of the molecule is CC(C)c1ccc(C(=O)NCc2ccc3c(c2)n(C)c(=O)n3C)cc1. The maximum Gasteiger partial charge on any atom is 0.328 e. The van der Waals surface area contributed by atoms with Crippen molar-refractivity contribution in [3.8, 4) is 0 Å². The molecule has 5 nitrogen and oxygen atoms in total. The van der Waals surface area contributed by atoms with Crippen molar-refractivity contribution in [2.24, 2.45) is 14.1 Å². The predicted octanol–water partition coefficient (Wildman–Crippen LogP) is 2.93. The first-order chi connectivity index (χ1) is 11.9. The monoisotopic (exact) mass is 337 g/mol. The average molecular weight is 337 g/mol. The van der Waals surface area contributed by atoms with Crippen LogP contribution in [-0.4, -0.2) is 15.0 Å². The van der Waals surface area contributed by atoms with Crippen molar-refractivity contribution in [2.75, 3.05) is 0 Å².